The highest BCUT2D eigenvalue weighted by Crippen LogP contribution is 2.17. The number of carboxylic acid groups (broad SMARTS) is 1. The fourth-order valence-electron chi connectivity index (χ4n) is 3.02. The van der Waals surface area contributed by atoms with E-state index < -0.39 is 5.97 Å². The van der Waals surface area contributed by atoms with E-state index in [1.54, 1.807) is 6.92 Å². The van der Waals surface area contributed by atoms with Crippen molar-refractivity contribution < 1.29 is 19.4 Å². The third-order valence-electron chi connectivity index (χ3n) is 4.67. The van der Waals surface area contributed by atoms with Gasteiger partial charge in [0.1, 0.15) is 6.10 Å². The molecule has 26 heavy (non-hydrogen) atoms. The molecule has 0 bridgehead atoms. The molecule has 0 aliphatic heterocycles. The number of rotatable bonds is 18. The maximum atomic E-state index is 11.8. The molecular weight excluding hydrogens is 328 g/mol. The monoisotopic (exact) mass is 368 g/mol. The number of aliphatic carboxylic acids is 1. The van der Waals surface area contributed by atoms with Crippen LogP contribution in [-0.4, -0.2) is 23.1 Å². The molecule has 4 heteroatoms. The Morgan fingerprint density at radius 3 is 1.77 bits per heavy atom. The fraction of sp³-hybridized carbons (Fsp3) is 0.818. The molecule has 0 aromatic rings. The van der Waals surface area contributed by atoms with E-state index in [0.29, 0.717) is 12.0 Å². The molecule has 0 saturated heterocycles. The Labute approximate surface area is 160 Å². The Hall–Kier alpha value is -1.32. The highest BCUT2D eigenvalue weighted by Gasteiger charge is 2.14. The fourth-order valence-corrected chi connectivity index (χ4v) is 3.02. The highest BCUT2D eigenvalue weighted by molar-refractivity contribution is 5.87. The van der Waals surface area contributed by atoms with Crippen molar-refractivity contribution in [3.05, 3.63) is 12.2 Å². The van der Waals surface area contributed by atoms with Crippen LogP contribution in [0.15, 0.2) is 12.2 Å². The van der Waals surface area contributed by atoms with E-state index in [0.717, 1.165) is 44.9 Å². The lowest BCUT2D eigenvalue weighted by atomic mass is 10.0. The zero-order valence-corrected chi connectivity index (χ0v) is 17.1. The standard InChI is InChI=1S/C22H40O4/c1-4-5-13-16-20(26-22(25)19(2)3)17-14-11-9-7-6-8-10-12-15-18-21(23)24/h20H,2,4-18H2,1,3H3,(H,23,24). The summed E-state index contributed by atoms with van der Waals surface area (Å²) < 4.78 is 5.58. The van der Waals surface area contributed by atoms with Gasteiger partial charge < -0.3 is 9.84 Å². The predicted octanol–water partition coefficient (Wildman–Crippen LogP) is 6.43. The maximum Gasteiger partial charge on any atom is 0.333 e. The Morgan fingerprint density at radius 2 is 1.31 bits per heavy atom. The second-order valence-corrected chi connectivity index (χ2v) is 7.42. The molecule has 0 aromatic carbocycles. The van der Waals surface area contributed by atoms with Crippen LogP contribution in [0, 0.1) is 0 Å². The first-order chi connectivity index (χ1) is 12.5. The average molecular weight is 369 g/mol. The zero-order valence-electron chi connectivity index (χ0n) is 17.1. The van der Waals surface area contributed by atoms with E-state index in [1.165, 1.54) is 44.9 Å². The molecule has 152 valence electrons. The Morgan fingerprint density at radius 1 is 0.846 bits per heavy atom. The van der Waals surface area contributed by atoms with Gasteiger partial charge in [-0.15, -0.1) is 0 Å². The van der Waals surface area contributed by atoms with E-state index in [4.69, 9.17) is 9.84 Å². The normalized spacial score (nSPS) is 11.9. The van der Waals surface area contributed by atoms with Crippen molar-refractivity contribution in [2.24, 2.45) is 0 Å². The summed E-state index contributed by atoms with van der Waals surface area (Å²) in [4.78, 5) is 22.2. The van der Waals surface area contributed by atoms with Gasteiger partial charge in [-0.3, -0.25) is 4.79 Å². The van der Waals surface area contributed by atoms with E-state index in [2.05, 4.69) is 13.5 Å². The van der Waals surface area contributed by atoms with Crippen molar-refractivity contribution in [1.82, 2.24) is 0 Å². The van der Waals surface area contributed by atoms with Crippen molar-refractivity contribution in [2.45, 2.75) is 116 Å². The Balaban J connectivity index is 3.68. The van der Waals surface area contributed by atoms with Gasteiger partial charge in [0.25, 0.3) is 0 Å². The minimum Gasteiger partial charge on any atom is -0.481 e. The lowest BCUT2D eigenvalue weighted by molar-refractivity contribution is -0.145. The summed E-state index contributed by atoms with van der Waals surface area (Å²) in [5.74, 6) is -0.943. The van der Waals surface area contributed by atoms with Crippen molar-refractivity contribution >= 4 is 11.9 Å². The largest absolute Gasteiger partial charge is 0.481 e. The minimum absolute atomic E-state index is 0.0417. The summed E-state index contributed by atoms with van der Waals surface area (Å²) in [5, 5.41) is 8.58. The summed E-state index contributed by atoms with van der Waals surface area (Å²) in [5.41, 5.74) is 0.480. The van der Waals surface area contributed by atoms with Gasteiger partial charge >= 0.3 is 11.9 Å². The zero-order chi connectivity index (χ0) is 19.6. The minimum atomic E-state index is -0.688. The SMILES string of the molecule is C=C(C)C(=O)OC(CCCCC)CCCCCCCCCCCC(=O)O. The molecule has 1 N–H and O–H groups in total. The summed E-state index contributed by atoms with van der Waals surface area (Å²) in [7, 11) is 0. The number of ether oxygens (including phenoxy) is 1. The highest BCUT2D eigenvalue weighted by atomic mass is 16.5. The number of carbonyl (C=O) groups is 2. The van der Waals surface area contributed by atoms with E-state index in [1.807, 2.05) is 0 Å². The van der Waals surface area contributed by atoms with Crippen LogP contribution in [-0.2, 0) is 14.3 Å². The Kier molecular flexibility index (Phi) is 16.2. The van der Waals surface area contributed by atoms with Crippen molar-refractivity contribution in [3.8, 4) is 0 Å². The summed E-state index contributed by atoms with van der Waals surface area (Å²) in [6.07, 6.45) is 15.9. The quantitative estimate of drug-likeness (QED) is 0.172. The first-order valence-corrected chi connectivity index (χ1v) is 10.6. The molecule has 0 aromatic heterocycles. The summed E-state index contributed by atoms with van der Waals surface area (Å²) >= 11 is 0. The van der Waals surface area contributed by atoms with Gasteiger partial charge in [-0.1, -0.05) is 71.3 Å². The topological polar surface area (TPSA) is 63.6 Å². The summed E-state index contributed by atoms with van der Waals surface area (Å²) in [6.45, 7) is 7.55. The molecule has 0 amide bonds. The number of hydrogen-bond acceptors (Lipinski definition) is 3. The van der Waals surface area contributed by atoms with E-state index in [-0.39, 0.29) is 12.1 Å². The van der Waals surface area contributed by atoms with Gasteiger partial charge in [0.05, 0.1) is 0 Å². The van der Waals surface area contributed by atoms with Gasteiger partial charge in [-0.05, 0) is 39.0 Å². The first kappa shape index (κ1) is 24.7. The second-order valence-electron chi connectivity index (χ2n) is 7.42. The van der Waals surface area contributed by atoms with Gasteiger partial charge in [-0.25, -0.2) is 4.79 Å². The molecule has 0 radical (unpaired) electrons. The Bertz CT molecular complexity index is 390. The van der Waals surface area contributed by atoms with Crippen LogP contribution in [0.5, 0.6) is 0 Å². The van der Waals surface area contributed by atoms with Gasteiger partial charge in [0, 0.05) is 12.0 Å². The number of carboxylic acids is 1. The van der Waals surface area contributed by atoms with Gasteiger partial charge in [0.15, 0.2) is 0 Å². The lowest BCUT2D eigenvalue weighted by Gasteiger charge is -2.18. The van der Waals surface area contributed by atoms with Crippen molar-refractivity contribution in [3.63, 3.8) is 0 Å². The number of unbranched alkanes of at least 4 members (excludes halogenated alkanes) is 10. The van der Waals surface area contributed by atoms with Crippen LogP contribution in [0.2, 0.25) is 0 Å². The second kappa shape index (κ2) is 17.1. The van der Waals surface area contributed by atoms with Crippen LogP contribution in [0.1, 0.15) is 110 Å². The van der Waals surface area contributed by atoms with E-state index >= 15 is 0 Å². The summed E-state index contributed by atoms with van der Waals surface area (Å²) in [6, 6.07) is 0. The molecule has 0 saturated carbocycles. The number of carbonyl (C=O) groups excluding carboxylic acids is 1. The first-order valence-electron chi connectivity index (χ1n) is 10.6. The molecular formula is C22H40O4. The number of hydrogen-bond donors (Lipinski definition) is 1. The van der Waals surface area contributed by atoms with Gasteiger partial charge in [-0.2, -0.15) is 0 Å². The van der Waals surface area contributed by atoms with Crippen LogP contribution in [0.25, 0.3) is 0 Å². The molecule has 0 rings (SSSR count). The third kappa shape index (κ3) is 16.2. The third-order valence-corrected chi connectivity index (χ3v) is 4.67. The van der Waals surface area contributed by atoms with Crippen LogP contribution >= 0.6 is 0 Å². The van der Waals surface area contributed by atoms with Gasteiger partial charge in [0.2, 0.25) is 0 Å². The molecule has 1 unspecified atom stereocenters. The molecule has 0 aliphatic rings. The molecule has 0 spiro atoms. The maximum absolute atomic E-state index is 11.8. The number of esters is 1. The molecule has 0 aliphatic carbocycles. The van der Waals surface area contributed by atoms with Crippen LogP contribution < -0.4 is 0 Å². The average Bonchev–Trinajstić information content (AvgIpc) is 2.59. The van der Waals surface area contributed by atoms with Crippen LogP contribution in [0.3, 0.4) is 0 Å². The van der Waals surface area contributed by atoms with Crippen molar-refractivity contribution in [1.29, 1.82) is 0 Å². The predicted molar refractivity (Wildman–Crippen MR) is 107 cm³/mol. The molecule has 4 nitrogen and oxygen atoms in total. The lowest BCUT2D eigenvalue weighted by Crippen LogP contribution is -2.18. The molecule has 0 heterocycles. The molecule has 0 fully saturated rings. The van der Waals surface area contributed by atoms with Crippen LogP contribution in [0.4, 0.5) is 0 Å². The van der Waals surface area contributed by atoms with E-state index in [9.17, 15) is 9.59 Å². The molecule has 1 atom stereocenters. The smallest absolute Gasteiger partial charge is 0.333 e. The van der Waals surface area contributed by atoms with Crippen molar-refractivity contribution in [2.75, 3.05) is 0 Å².